The van der Waals surface area contributed by atoms with E-state index in [4.69, 9.17) is 5.73 Å². The SMILES string of the molecule is CC(C)CC(CN)(Cc1nn(C)c2ccccc12)C(=O)O. The van der Waals surface area contributed by atoms with Crippen LogP contribution in [0.5, 0.6) is 0 Å². The third kappa shape index (κ3) is 2.93. The van der Waals surface area contributed by atoms with Crippen LogP contribution in [0.1, 0.15) is 26.0 Å². The van der Waals surface area contributed by atoms with Gasteiger partial charge in [-0.2, -0.15) is 5.10 Å². The summed E-state index contributed by atoms with van der Waals surface area (Å²) in [5.41, 5.74) is 6.70. The van der Waals surface area contributed by atoms with Crippen molar-refractivity contribution in [2.24, 2.45) is 24.1 Å². The molecule has 3 N–H and O–H groups in total. The summed E-state index contributed by atoms with van der Waals surface area (Å²) in [6.45, 7) is 4.15. The summed E-state index contributed by atoms with van der Waals surface area (Å²) >= 11 is 0. The van der Waals surface area contributed by atoms with Gasteiger partial charge in [0.15, 0.2) is 0 Å². The van der Waals surface area contributed by atoms with E-state index in [2.05, 4.69) is 5.10 Å². The fourth-order valence-electron chi connectivity index (χ4n) is 3.00. The van der Waals surface area contributed by atoms with E-state index in [1.807, 2.05) is 45.2 Å². The summed E-state index contributed by atoms with van der Waals surface area (Å²) < 4.78 is 1.79. The summed E-state index contributed by atoms with van der Waals surface area (Å²) in [6, 6.07) is 7.87. The summed E-state index contributed by atoms with van der Waals surface area (Å²) in [5.74, 6) is -0.576. The minimum atomic E-state index is -0.953. The van der Waals surface area contributed by atoms with Gasteiger partial charge in [0.2, 0.25) is 0 Å². The van der Waals surface area contributed by atoms with Crippen LogP contribution in [-0.2, 0) is 18.3 Å². The van der Waals surface area contributed by atoms with Crippen molar-refractivity contribution in [2.45, 2.75) is 26.7 Å². The molecule has 0 radical (unpaired) electrons. The van der Waals surface area contributed by atoms with Crippen LogP contribution in [-0.4, -0.2) is 27.4 Å². The van der Waals surface area contributed by atoms with Crippen molar-refractivity contribution in [3.8, 4) is 0 Å². The summed E-state index contributed by atoms with van der Waals surface area (Å²) in [7, 11) is 1.87. The van der Waals surface area contributed by atoms with Crippen LogP contribution >= 0.6 is 0 Å². The zero-order chi connectivity index (χ0) is 15.6. The van der Waals surface area contributed by atoms with Gasteiger partial charge < -0.3 is 10.8 Å². The van der Waals surface area contributed by atoms with E-state index in [1.54, 1.807) is 4.68 Å². The lowest BCUT2D eigenvalue weighted by molar-refractivity contribution is -0.149. The largest absolute Gasteiger partial charge is 0.481 e. The van der Waals surface area contributed by atoms with Crippen LogP contribution < -0.4 is 5.73 Å². The highest BCUT2D eigenvalue weighted by atomic mass is 16.4. The number of para-hydroxylation sites is 1. The van der Waals surface area contributed by atoms with Crippen molar-refractivity contribution >= 4 is 16.9 Å². The predicted octanol–water partition coefficient (Wildman–Crippen LogP) is 2.19. The van der Waals surface area contributed by atoms with Gasteiger partial charge in [0.1, 0.15) is 0 Å². The number of hydrogen-bond donors (Lipinski definition) is 2. The normalized spacial score (nSPS) is 14.5. The minimum absolute atomic E-state index is 0.116. The Bertz CT molecular complexity index is 648. The number of carboxylic acid groups (broad SMARTS) is 1. The summed E-state index contributed by atoms with van der Waals surface area (Å²) in [5, 5.41) is 15.2. The summed E-state index contributed by atoms with van der Waals surface area (Å²) in [6.07, 6.45) is 0.905. The second kappa shape index (κ2) is 5.85. The number of aryl methyl sites for hydroxylation is 1. The lowest BCUT2D eigenvalue weighted by Crippen LogP contribution is -2.42. The van der Waals surface area contributed by atoms with E-state index in [1.165, 1.54) is 0 Å². The highest BCUT2D eigenvalue weighted by molar-refractivity contribution is 5.83. The van der Waals surface area contributed by atoms with Crippen LogP contribution in [0.4, 0.5) is 0 Å². The quantitative estimate of drug-likeness (QED) is 0.854. The van der Waals surface area contributed by atoms with E-state index in [0.29, 0.717) is 12.8 Å². The Labute approximate surface area is 124 Å². The third-order valence-electron chi connectivity index (χ3n) is 3.98. The standard InChI is InChI=1S/C16H23N3O2/c1-11(2)8-16(10-17,15(20)21)9-13-12-6-4-5-7-14(12)19(3)18-13/h4-7,11H,8-10,17H2,1-3H3,(H,20,21). The molecule has 5 nitrogen and oxygen atoms in total. The van der Waals surface area contributed by atoms with Crippen molar-refractivity contribution in [3.63, 3.8) is 0 Å². The number of carboxylic acids is 1. The first-order valence-electron chi connectivity index (χ1n) is 7.23. The number of hydrogen-bond acceptors (Lipinski definition) is 3. The lowest BCUT2D eigenvalue weighted by Gasteiger charge is -2.29. The van der Waals surface area contributed by atoms with Gasteiger partial charge in [-0.1, -0.05) is 32.0 Å². The maximum absolute atomic E-state index is 11.8. The summed E-state index contributed by atoms with van der Waals surface area (Å²) in [4.78, 5) is 11.8. The zero-order valence-electron chi connectivity index (χ0n) is 12.8. The van der Waals surface area contributed by atoms with Crippen LogP contribution in [0.25, 0.3) is 10.9 Å². The maximum Gasteiger partial charge on any atom is 0.311 e. The van der Waals surface area contributed by atoms with Crippen molar-refractivity contribution in [2.75, 3.05) is 6.54 Å². The molecule has 0 bridgehead atoms. The second-order valence-corrected chi connectivity index (χ2v) is 6.15. The van der Waals surface area contributed by atoms with Crippen molar-refractivity contribution in [3.05, 3.63) is 30.0 Å². The molecule has 0 spiro atoms. The van der Waals surface area contributed by atoms with E-state index >= 15 is 0 Å². The minimum Gasteiger partial charge on any atom is -0.481 e. The Morgan fingerprint density at radius 1 is 1.43 bits per heavy atom. The first kappa shape index (κ1) is 15.5. The number of nitrogens with two attached hydrogens (primary N) is 1. The number of aromatic nitrogens is 2. The van der Waals surface area contributed by atoms with Crippen LogP contribution in [0.15, 0.2) is 24.3 Å². The molecule has 5 heteroatoms. The van der Waals surface area contributed by atoms with E-state index in [9.17, 15) is 9.90 Å². The Hall–Kier alpha value is -1.88. The van der Waals surface area contributed by atoms with Crippen LogP contribution in [0.2, 0.25) is 0 Å². The Kier molecular flexibility index (Phi) is 4.32. The number of aliphatic carboxylic acids is 1. The average Bonchev–Trinajstić information content (AvgIpc) is 2.74. The van der Waals surface area contributed by atoms with Gasteiger partial charge in [0.25, 0.3) is 0 Å². The number of nitrogens with zero attached hydrogens (tertiary/aromatic N) is 2. The molecule has 0 aliphatic rings. The van der Waals surface area contributed by atoms with Crippen molar-refractivity contribution in [1.29, 1.82) is 0 Å². The lowest BCUT2D eigenvalue weighted by atomic mass is 9.76. The van der Waals surface area contributed by atoms with Crippen LogP contribution in [0.3, 0.4) is 0 Å². The fraction of sp³-hybridized carbons (Fsp3) is 0.500. The molecule has 0 amide bonds. The molecule has 2 aromatic rings. The molecule has 0 saturated heterocycles. The Morgan fingerprint density at radius 2 is 2.10 bits per heavy atom. The molecular weight excluding hydrogens is 266 g/mol. The monoisotopic (exact) mass is 289 g/mol. The highest BCUT2D eigenvalue weighted by Crippen LogP contribution is 2.32. The number of rotatable bonds is 6. The molecular formula is C16H23N3O2. The van der Waals surface area contributed by atoms with Gasteiger partial charge >= 0.3 is 5.97 Å². The van der Waals surface area contributed by atoms with Gasteiger partial charge in [-0.3, -0.25) is 9.48 Å². The van der Waals surface area contributed by atoms with E-state index in [-0.39, 0.29) is 12.5 Å². The Balaban J connectivity index is 2.46. The van der Waals surface area contributed by atoms with Crippen molar-refractivity contribution in [1.82, 2.24) is 9.78 Å². The van der Waals surface area contributed by atoms with Gasteiger partial charge in [-0.05, 0) is 18.4 Å². The average molecular weight is 289 g/mol. The molecule has 21 heavy (non-hydrogen) atoms. The topological polar surface area (TPSA) is 81.1 Å². The first-order chi connectivity index (χ1) is 9.89. The molecule has 1 aromatic carbocycles. The molecule has 1 heterocycles. The first-order valence-corrected chi connectivity index (χ1v) is 7.23. The van der Waals surface area contributed by atoms with Crippen molar-refractivity contribution < 1.29 is 9.90 Å². The maximum atomic E-state index is 11.8. The third-order valence-corrected chi connectivity index (χ3v) is 3.98. The molecule has 0 aliphatic carbocycles. The molecule has 1 atom stereocenters. The van der Waals surface area contributed by atoms with Crippen LogP contribution in [0, 0.1) is 11.3 Å². The van der Waals surface area contributed by atoms with Gasteiger partial charge in [-0.25, -0.2) is 0 Å². The number of benzene rings is 1. The molecule has 1 unspecified atom stereocenters. The smallest absolute Gasteiger partial charge is 0.311 e. The zero-order valence-corrected chi connectivity index (χ0v) is 12.8. The second-order valence-electron chi connectivity index (χ2n) is 6.15. The molecule has 0 saturated carbocycles. The van der Waals surface area contributed by atoms with Gasteiger partial charge in [0, 0.05) is 25.4 Å². The van der Waals surface area contributed by atoms with Gasteiger partial charge in [0.05, 0.1) is 16.6 Å². The molecule has 0 aliphatic heterocycles. The van der Waals surface area contributed by atoms with E-state index in [0.717, 1.165) is 16.6 Å². The predicted molar refractivity (Wildman–Crippen MR) is 83.0 cm³/mol. The number of fused-ring (bicyclic) bond motifs is 1. The molecule has 1 aromatic heterocycles. The van der Waals surface area contributed by atoms with E-state index < -0.39 is 11.4 Å². The van der Waals surface area contributed by atoms with Gasteiger partial charge in [-0.15, -0.1) is 0 Å². The highest BCUT2D eigenvalue weighted by Gasteiger charge is 2.39. The Morgan fingerprint density at radius 3 is 2.67 bits per heavy atom. The molecule has 2 rings (SSSR count). The number of carbonyl (C=O) groups is 1. The molecule has 114 valence electrons. The fourth-order valence-corrected chi connectivity index (χ4v) is 3.00. The molecule has 0 fully saturated rings.